The van der Waals surface area contributed by atoms with Crippen molar-refractivity contribution in [3.05, 3.63) is 120 Å². The zero-order valence-corrected chi connectivity index (χ0v) is 15.8. The van der Waals surface area contributed by atoms with Crippen LogP contribution in [0.3, 0.4) is 0 Å². The number of benzene rings is 2. The van der Waals surface area contributed by atoms with Crippen LogP contribution in [0.1, 0.15) is 18.1 Å². The monoisotopic (exact) mass is 353 g/mol. The molecule has 1 N–H and O–H groups in total. The van der Waals surface area contributed by atoms with E-state index in [9.17, 15) is 0 Å². The van der Waals surface area contributed by atoms with E-state index in [1.165, 1.54) is 22.3 Å². The van der Waals surface area contributed by atoms with Gasteiger partial charge in [-0.2, -0.15) is 5.48 Å². The first-order valence-electron chi connectivity index (χ1n) is 9.16. The lowest BCUT2D eigenvalue weighted by molar-refractivity contribution is 0.133. The topological polar surface area (TPSA) is 21.3 Å². The molecule has 0 bridgehead atoms. The fraction of sp³-hybridized carbons (Fsp3) is 0.120. The van der Waals surface area contributed by atoms with Gasteiger partial charge in [-0.25, -0.2) is 0 Å². The summed E-state index contributed by atoms with van der Waals surface area (Å²) in [7, 11) is 1.77. The summed E-state index contributed by atoms with van der Waals surface area (Å²) in [6.45, 7) is 10.3. The third kappa shape index (κ3) is 2.11. The molecule has 2 heteroatoms. The van der Waals surface area contributed by atoms with E-state index in [2.05, 4.69) is 79.3 Å². The predicted molar refractivity (Wildman–Crippen MR) is 112 cm³/mol. The third-order valence-electron chi connectivity index (χ3n) is 5.49. The Morgan fingerprint density at radius 1 is 0.889 bits per heavy atom. The van der Waals surface area contributed by atoms with Gasteiger partial charge in [-0.15, -0.1) is 0 Å². The van der Waals surface area contributed by atoms with Gasteiger partial charge in [0.15, 0.2) is 5.76 Å². The maximum Gasteiger partial charge on any atom is 0.159 e. The van der Waals surface area contributed by atoms with Crippen LogP contribution in [-0.2, 0) is 10.3 Å². The second-order valence-electron chi connectivity index (χ2n) is 6.63. The molecule has 1 spiro atoms. The maximum atomic E-state index is 5.92. The molecule has 0 atom stereocenters. The summed E-state index contributed by atoms with van der Waals surface area (Å²) in [6.07, 6.45) is 8.02. The first-order valence-corrected chi connectivity index (χ1v) is 9.16. The molecule has 0 saturated heterocycles. The maximum absolute atomic E-state index is 5.92. The minimum atomic E-state index is -0.447. The lowest BCUT2D eigenvalue weighted by Gasteiger charge is -2.32. The summed E-state index contributed by atoms with van der Waals surface area (Å²) in [5, 5.41) is 0. The van der Waals surface area contributed by atoms with Crippen LogP contribution in [-0.4, -0.2) is 7.05 Å². The first-order chi connectivity index (χ1) is 13.2. The van der Waals surface area contributed by atoms with Crippen molar-refractivity contribution in [2.24, 2.45) is 0 Å². The number of hydrogen-bond acceptors (Lipinski definition) is 2. The quantitative estimate of drug-likeness (QED) is 0.705. The molecule has 0 amide bonds. The van der Waals surface area contributed by atoms with Crippen LogP contribution >= 0.6 is 0 Å². The Kier molecular flexibility index (Phi) is 4.21. The van der Waals surface area contributed by atoms with Crippen LogP contribution < -0.4 is 5.48 Å². The van der Waals surface area contributed by atoms with Gasteiger partial charge in [0.25, 0.3) is 0 Å². The molecular weight excluding hydrogens is 330 g/mol. The average molecular weight is 353 g/mol. The second kappa shape index (κ2) is 6.57. The molecule has 2 aliphatic rings. The summed E-state index contributed by atoms with van der Waals surface area (Å²) in [5.41, 5.74) is 10.6. The fourth-order valence-electron chi connectivity index (χ4n) is 4.65. The Morgan fingerprint density at radius 2 is 1.48 bits per heavy atom. The molecule has 0 radical (unpaired) electrons. The highest BCUT2D eigenvalue weighted by molar-refractivity contribution is 5.89. The number of nitrogens with one attached hydrogen (secondary N) is 1. The highest BCUT2D eigenvalue weighted by Gasteiger charge is 2.53. The molecule has 2 nitrogen and oxygen atoms in total. The van der Waals surface area contributed by atoms with E-state index >= 15 is 0 Å². The molecule has 0 fully saturated rings. The summed E-state index contributed by atoms with van der Waals surface area (Å²) < 4.78 is 0. The van der Waals surface area contributed by atoms with E-state index in [1.807, 2.05) is 19.1 Å². The van der Waals surface area contributed by atoms with E-state index in [0.717, 1.165) is 22.5 Å². The molecule has 0 aliphatic heterocycles. The van der Waals surface area contributed by atoms with Gasteiger partial charge in [-0.3, -0.25) is 0 Å². The summed E-state index contributed by atoms with van der Waals surface area (Å²) >= 11 is 0. The molecule has 2 aromatic rings. The molecule has 0 unspecified atom stereocenters. The van der Waals surface area contributed by atoms with Crippen molar-refractivity contribution in [2.75, 3.05) is 7.05 Å². The smallest absolute Gasteiger partial charge is 0.159 e. The molecule has 27 heavy (non-hydrogen) atoms. The van der Waals surface area contributed by atoms with E-state index in [-0.39, 0.29) is 0 Å². The number of hydroxylamine groups is 1. The van der Waals surface area contributed by atoms with Crippen molar-refractivity contribution in [1.82, 2.24) is 5.48 Å². The summed E-state index contributed by atoms with van der Waals surface area (Å²) in [4.78, 5) is 5.92. The molecule has 2 aromatic carbocycles. The number of rotatable bonds is 5. The summed E-state index contributed by atoms with van der Waals surface area (Å²) in [6, 6.07) is 17.2. The molecule has 0 aromatic heterocycles. The number of allylic oxidation sites excluding steroid dienone is 6. The highest BCUT2D eigenvalue weighted by Crippen LogP contribution is 2.61. The van der Waals surface area contributed by atoms with Crippen molar-refractivity contribution in [3.63, 3.8) is 0 Å². The average Bonchev–Trinajstić information content (AvgIpc) is 3.15. The molecule has 2 aliphatic carbocycles. The van der Waals surface area contributed by atoms with Gasteiger partial charge in [0.05, 0.1) is 5.41 Å². The van der Waals surface area contributed by atoms with Crippen LogP contribution in [0.25, 0.3) is 11.1 Å². The highest BCUT2D eigenvalue weighted by atomic mass is 16.6. The minimum Gasteiger partial charge on any atom is -0.408 e. The van der Waals surface area contributed by atoms with E-state index in [1.54, 1.807) is 7.05 Å². The molecular formula is C25H23NO. The lowest BCUT2D eigenvalue weighted by Crippen LogP contribution is -2.27. The lowest BCUT2D eigenvalue weighted by atomic mass is 9.69. The van der Waals surface area contributed by atoms with Gasteiger partial charge >= 0.3 is 0 Å². The van der Waals surface area contributed by atoms with Crippen LogP contribution in [0, 0.1) is 0 Å². The van der Waals surface area contributed by atoms with E-state index in [4.69, 9.17) is 4.84 Å². The first kappa shape index (κ1) is 17.3. The van der Waals surface area contributed by atoms with E-state index < -0.39 is 5.41 Å². The van der Waals surface area contributed by atoms with Gasteiger partial charge < -0.3 is 4.84 Å². The van der Waals surface area contributed by atoms with Crippen molar-refractivity contribution in [3.8, 4) is 11.1 Å². The zero-order valence-electron chi connectivity index (χ0n) is 15.8. The summed E-state index contributed by atoms with van der Waals surface area (Å²) in [5.74, 6) is 0.798. The molecule has 0 saturated carbocycles. The van der Waals surface area contributed by atoms with Crippen molar-refractivity contribution >= 4 is 0 Å². The molecule has 0 heterocycles. The normalized spacial score (nSPS) is 16.8. The van der Waals surface area contributed by atoms with Gasteiger partial charge in [0, 0.05) is 18.2 Å². The van der Waals surface area contributed by atoms with Gasteiger partial charge in [-0.1, -0.05) is 86.0 Å². The van der Waals surface area contributed by atoms with Gasteiger partial charge in [-0.05, 0) is 34.8 Å². The Hall–Kier alpha value is -3.10. The second-order valence-corrected chi connectivity index (χ2v) is 6.63. The minimum absolute atomic E-state index is 0.447. The molecule has 134 valence electrons. The molecule has 4 rings (SSSR count). The van der Waals surface area contributed by atoms with Crippen molar-refractivity contribution in [1.29, 1.82) is 0 Å². The van der Waals surface area contributed by atoms with Crippen LogP contribution in [0.15, 0.2) is 108 Å². The zero-order chi connectivity index (χ0) is 19.0. The number of hydrogen-bond donors (Lipinski definition) is 1. The largest absolute Gasteiger partial charge is 0.408 e. The SMILES string of the molecule is C=CC1=C(C=C)C2(C(/C=C\C)=C1ONC)c1ccccc1-c1ccccc12. The third-order valence-corrected chi connectivity index (χ3v) is 5.49. The van der Waals surface area contributed by atoms with Crippen LogP contribution in [0.4, 0.5) is 0 Å². The van der Waals surface area contributed by atoms with Crippen molar-refractivity contribution in [2.45, 2.75) is 12.3 Å². The Labute approximate surface area is 160 Å². The van der Waals surface area contributed by atoms with Gasteiger partial charge in [0.2, 0.25) is 0 Å². The number of fused-ring (bicyclic) bond motifs is 5. The standard InChI is InChI=1S/C25H23NO/c1-5-12-23-24(27-26-4)17(6-2)20(7-3)25(23)21-15-10-8-13-18(21)19-14-9-11-16-22(19)25/h5-16,26H,2-3H2,1,4H3/b12-5-. The Morgan fingerprint density at radius 3 is 1.96 bits per heavy atom. The fourth-order valence-corrected chi connectivity index (χ4v) is 4.65. The van der Waals surface area contributed by atoms with Crippen molar-refractivity contribution < 1.29 is 4.84 Å². The van der Waals surface area contributed by atoms with Crippen LogP contribution in [0.5, 0.6) is 0 Å². The van der Waals surface area contributed by atoms with Crippen LogP contribution in [0.2, 0.25) is 0 Å². The van der Waals surface area contributed by atoms with Gasteiger partial charge in [0.1, 0.15) is 0 Å². The Balaban J connectivity index is 2.22. The Bertz CT molecular complexity index is 990. The van der Waals surface area contributed by atoms with E-state index in [0.29, 0.717) is 0 Å². The predicted octanol–water partition coefficient (Wildman–Crippen LogP) is 5.62.